The number of nitrogens with one attached hydrogen (secondary N) is 2. The molecule has 0 spiro atoms. The van der Waals surface area contributed by atoms with Crippen molar-refractivity contribution >= 4 is 35.8 Å². The first-order chi connectivity index (χ1) is 12.7. The molecule has 7 nitrogen and oxygen atoms in total. The Balaban J connectivity index is 0.00000261. The zero-order valence-corrected chi connectivity index (χ0v) is 18.3. The molecular weight excluding hydrogens is 459 g/mol. The van der Waals surface area contributed by atoms with Crippen molar-refractivity contribution in [2.45, 2.75) is 32.7 Å². The first kappa shape index (κ1) is 21.6. The zero-order valence-electron chi connectivity index (χ0n) is 16.0. The molecule has 0 bridgehead atoms. The molecule has 1 atom stereocenters. The van der Waals surface area contributed by atoms with Gasteiger partial charge in [0.05, 0.1) is 0 Å². The second-order valence-corrected chi connectivity index (χ2v) is 6.88. The van der Waals surface area contributed by atoms with Crippen LogP contribution < -0.4 is 20.1 Å². The Labute approximate surface area is 177 Å². The van der Waals surface area contributed by atoms with Crippen LogP contribution in [0.15, 0.2) is 23.2 Å². The number of nitrogens with zero attached hydrogens (tertiary/aromatic N) is 2. The molecule has 0 saturated carbocycles. The Hall–Kier alpha value is -1.71. The molecule has 2 N–H and O–H groups in total. The number of piperidine rings is 1. The molecule has 0 aromatic heterocycles. The zero-order chi connectivity index (χ0) is 18.4. The van der Waals surface area contributed by atoms with Gasteiger partial charge >= 0.3 is 0 Å². The van der Waals surface area contributed by atoms with Crippen LogP contribution in [0, 0.1) is 5.92 Å². The van der Waals surface area contributed by atoms with E-state index >= 15 is 0 Å². The fraction of sp³-hybridized carbons (Fsp3) is 0.579. The highest BCUT2D eigenvalue weighted by Gasteiger charge is 2.20. The number of likely N-dealkylation sites (tertiary alicyclic amines) is 1. The molecule has 2 heterocycles. The first-order valence-electron chi connectivity index (χ1n) is 9.26. The van der Waals surface area contributed by atoms with E-state index in [1.807, 2.05) is 23.1 Å². The van der Waals surface area contributed by atoms with Gasteiger partial charge in [-0.3, -0.25) is 9.79 Å². The highest BCUT2D eigenvalue weighted by molar-refractivity contribution is 14.0. The van der Waals surface area contributed by atoms with E-state index in [9.17, 15) is 4.79 Å². The standard InChI is InChI=1S/C19H28N4O3.HI/c1-14-4-3-9-23(12-14)18(24)7-8-21-19(20-2)22-11-15-5-6-16-17(10-15)26-13-25-16;/h5-6,10,14H,3-4,7-9,11-13H2,1-2H3,(H2,20,21,22);1H. The predicted octanol–water partition coefficient (Wildman–Crippen LogP) is 2.35. The molecule has 1 aromatic rings. The molecule has 0 radical (unpaired) electrons. The number of carbonyl (C=O) groups excluding carboxylic acids is 1. The Kier molecular flexibility index (Phi) is 8.46. The van der Waals surface area contributed by atoms with Crippen molar-refractivity contribution in [3.8, 4) is 11.5 Å². The topological polar surface area (TPSA) is 75.2 Å². The SMILES string of the molecule is CN=C(NCCC(=O)N1CCCC(C)C1)NCc1ccc2c(c1)OCO2.I. The summed E-state index contributed by atoms with van der Waals surface area (Å²) in [6.45, 7) is 5.45. The van der Waals surface area contributed by atoms with Gasteiger partial charge in [-0.1, -0.05) is 13.0 Å². The summed E-state index contributed by atoms with van der Waals surface area (Å²) in [5.41, 5.74) is 1.08. The Morgan fingerprint density at radius 1 is 1.30 bits per heavy atom. The number of aliphatic imine (C=N–C) groups is 1. The number of benzene rings is 1. The minimum atomic E-state index is 0. The van der Waals surface area contributed by atoms with Gasteiger partial charge in [0.25, 0.3) is 0 Å². The van der Waals surface area contributed by atoms with E-state index in [-0.39, 0.29) is 36.7 Å². The maximum atomic E-state index is 12.3. The number of ether oxygens (including phenoxy) is 2. The third-order valence-corrected chi connectivity index (χ3v) is 4.76. The van der Waals surface area contributed by atoms with E-state index in [4.69, 9.17) is 9.47 Å². The number of rotatable bonds is 5. The van der Waals surface area contributed by atoms with E-state index < -0.39 is 0 Å². The molecule has 1 fully saturated rings. The van der Waals surface area contributed by atoms with Crippen LogP contribution in [-0.2, 0) is 11.3 Å². The second kappa shape index (κ2) is 10.6. The van der Waals surface area contributed by atoms with Crippen LogP contribution in [0.3, 0.4) is 0 Å². The highest BCUT2D eigenvalue weighted by atomic mass is 127. The Morgan fingerprint density at radius 2 is 2.11 bits per heavy atom. The number of hydrogen-bond donors (Lipinski definition) is 2. The molecule has 2 aliphatic heterocycles. The van der Waals surface area contributed by atoms with Gasteiger partial charge in [-0.2, -0.15) is 0 Å². The number of fused-ring (bicyclic) bond motifs is 1. The number of carbonyl (C=O) groups is 1. The van der Waals surface area contributed by atoms with E-state index in [1.54, 1.807) is 7.05 Å². The van der Waals surface area contributed by atoms with Gasteiger partial charge in [-0.25, -0.2) is 0 Å². The lowest BCUT2D eigenvalue weighted by Gasteiger charge is -2.31. The molecule has 1 aromatic carbocycles. The minimum Gasteiger partial charge on any atom is -0.454 e. The van der Waals surface area contributed by atoms with Crippen molar-refractivity contribution in [2.75, 3.05) is 33.5 Å². The molecule has 0 aliphatic carbocycles. The maximum Gasteiger partial charge on any atom is 0.231 e. The van der Waals surface area contributed by atoms with Crippen molar-refractivity contribution in [2.24, 2.45) is 10.9 Å². The van der Waals surface area contributed by atoms with Gasteiger partial charge < -0.3 is 25.0 Å². The summed E-state index contributed by atoms with van der Waals surface area (Å²) in [6.07, 6.45) is 2.81. The lowest BCUT2D eigenvalue weighted by Crippen LogP contribution is -2.42. The normalized spacial score (nSPS) is 18.7. The van der Waals surface area contributed by atoms with Crippen molar-refractivity contribution < 1.29 is 14.3 Å². The monoisotopic (exact) mass is 488 g/mol. The van der Waals surface area contributed by atoms with Crippen LogP contribution in [0.5, 0.6) is 11.5 Å². The van der Waals surface area contributed by atoms with Gasteiger partial charge in [0, 0.05) is 39.6 Å². The average Bonchev–Trinajstić information content (AvgIpc) is 3.12. The summed E-state index contributed by atoms with van der Waals surface area (Å²) >= 11 is 0. The van der Waals surface area contributed by atoms with Crippen LogP contribution in [0.1, 0.15) is 31.7 Å². The van der Waals surface area contributed by atoms with Crippen LogP contribution in [-0.4, -0.2) is 50.2 Å². The van der Waals surface area contributed by atoms with E-state index in [0.717, 1.165) is 36.6 Å². The van der Waals surface area contributed by atoms with Crippen LogP contribution in [0.2, 0.25) is 0 Å². The third kappa shape index (κ3) is 6.15. The van der Waals surface area contributed by atoms with Crippen LogP contribution in [0.4, 0.5) is 0 Å². The summed E-state index contributed by atoms with van der Waals surface area (Å²) in [5.74, 6) is 3.06. The molecule has 27 heavy (non-hydrogen) atoms. The van der Waals surface area contributed by atoms with E-state index in [1.165, 1.54) is 6.42 Å². The van der Waals surface area contributed by atoms with Gasteiger partial charge in [-0.15, -0.1) is 24.0 Å². The Morgan fingerprint density at radius 3 is 2.89 bits per heavy atom. The van der Waals surface area contributed by atoms with Gasteiger partial charge in [0.1, 0.15) is 0 Å². The maximum absolute atomic E-state index is 12.3. The summed E-state index contributed by atoms with van der Waals surface area (Å²) < 4.78 is 10.7. The summed E-state index contributed by atoms with van der Waals surface area (Å²) in [4.78, 5) is 18.5. The lowest BCUT2D eigenvalue weighted by molar-refractivity contribution is -0.132. The van der Waals surface area contributed by atoms with Crippen LogP contribution >= 0.6 is 24.0 Å². The van der Waals surface area contributed by atoms with Crippen molar-refractivity contribution in [1.29, 1.82) is 0 Å². The minimum absolute atomic E-state index is 0. The Bertz CT molecular complexity index is 668. The predicted molar refractivity (Wildman–Crippen MR) is 116 cm³/mol. The summed E-state index contributed by atoms with van der Waals surface area (Å²) in [7, 11) is 1.73. The molecule has 1 amide bonds. The molecular formula is C19H29IN4O3. The molecule has 150 valence electrons. The quantitative estimate of drug-likeness (QED) is 0.378. The molecule has 3 rings (SSSR count). The van der Waals surface area contributed by atoms with Crippen molar-refractivity contribution in [3.05, 3.63) is 23.8 Å². The first-order valence-corrected chi connectivity index (χ1v) is 9.26. The molecule has 8 heteroatoms. The van der Waals surface area contributed by atoms with E-state index in [0.29, 0.717) is 31.4 Å². The molecule has 1 saturated heterocycles. The number of hydrogen-bond acceptors (Lipinski definition) is 4. The number of amides is 1. The summed E-state index contributed by atoms with van der Waals surface area (Å²) in [6, 6.07) is 5.87. The smallest absolute Gasteiger partial charge is 0.231 e. The lowest BCUT2D eigenvalue weighted by atomic mass is 10.00. The van der Waals surface area contributed by atoms with Gasteiger partial charge in [0.2, 0.25) is 12.7 Å². The largest absolute Gasteiger partial charge is 0.454 e. The fourth-order valence-electron chi connectivity index (χ4n) is 3.32. The molecule has 2 aliphatic rings. The molecule has 1 unspecified atom stereocenters. The van der Waals surface area contributed by atoms with Gasteiger partial charge in [0.15, 0.2) is 17.5 Å². The number of halogens is 1. The second-order valence-electron chi connectivity index (χ2n) is 6.88. The van der Waals surface area contributed by atoms with E-state index in [2.05, 4.69) is 22.5 Å². The average molecular weight is 488 g/mol. The highest BCUT2D eigenvalue weighted by Crippen LogP contribution is 2.32. The third-order valence-electron chi connectivity index (χ3n) is 4.76. The van der Waals surface area contributed by atoms with Crippen LogP contribution in [0.25, 0.3) is 0 Å². The fourth-order valence-corrected chi connectivity index (χ4v) is 3.32. The summed E-state index contributed by atoms with van der Waals surface area (Å²) in [5, 5.41) is 6.46. The van der Waals surface area contributed by atoms with Crippen molar-refractivity contribution in [1.82, 2.24) is 15.5 Å². The number of guanidine groups is 1. The van der Waals surface area contributed by atoms with Gasteiger partial charge in [-0.05, 0) is 36.5 Å². The van der Waals surface area contributed by atoms with Crippen molar-refractivity contribution in [3.63, 3.8) is 0 Å².